The third kappa shape index (κ3) is 4.66. The Kier molecular flexibility index (Phi) is 5.47. The fourth-order valence-electron chi connectivity index (χ4n) is 2.24. The third-order valence-electron chi connectivity index (χ3n) is 3.44. The second kappa shape index (κ2) is 7.04. The van der Waals surface area contributed by atoms with Gasteiger partial charge in [-0.25, -0.2) is 13.1 Å². The lowest BCUT2D eigenvalue weighted by Crippen LogP contribution is -2.40. The Hall–Kier alpha value is -1.70. The molecule has 0 aliphatic carbocycles. The molecule has 2 aromatic carbocycles. The van der Waals surface area contributed by atoms with Gasteiger partial charge in [0.25, 0.3) is 0 Å². The molecule has 7 heteroatoms. The van der Waals surface area contributed by atoms with Gasteiger partial charge in [0.05, 0.1) is 10.4 Å². The molecule has 0 aliphatic rings. The zero-order valence-corrected chi connectivity index (χ0v) is 16.0. The van der Waals surface area contributed by atoms with Crippen LogP contribution in [0.25, 0.3) is 0 Å². The number of anilines is 1. The molecule has 1 amide bonds. The van der Waals surface area contributed by atoms with Crippen LogP contribution in [-0.2, 0) is 20.4 Å². The second-order valence-electron chi connectivity index (χ2n) is 5.94. The second-order valence-corrected chi connectivity index (χ2v) is 8.54. The van der Waals surface area contributed by atoms with Gasteiger partial charge in [-0.3, -0.25) is 4.79 Å². The zero-order valence-electron chi connectivity index (χ0n) is 13.6. The van der Waals surface area contributed by atoms with Crippen LogP contribution in [0.2, 0.25) is 0 Å². The highest BCUT2D eigenvalue weighted by Gasteiger charge is 2.27. The van der Waals surface area contributed by atoms with Crippen LogP contribution in [0, 0.1) is 0 Å². The average Bonchev–Trinajstić information content (AvgIpc) is 2.46. The summed E-state index contributed by atoms with van der Waals surface area (Å²) >= 11 is 3.37. The van der Waals surface area contributed by atoms with Crippen molar-refractivity contribution >= 4 is 37.5 Å². The van der Waals surface area contributed by atoms with Crippen LogP contribution in [-0.4, -0.2) is 14.3 Å². The minimum absolute atomic E-state index is 0.141. The molecule has 0 aliphatic heterocycles. The van der Waals surface area contributed by atoms with Crippen molar-refractivity contribution in [3.63, 3.8) is 0 Å². The molecule has 2 N–H and O–H groups in total. The van der Waals surface area contributed by atoms with Crippen molar-refractivity contribution in [1.82, 2.24) is 4.72 Å². The number of rotatable bonds is 5. The monoisotopic (exact) mass is 410 g/mol. The molecule has 2 aromatic rings. The molecule has 5 nitrogen and oxygen atoms in total. The molecule has 24 heavy (non-hydrogen) atoms. The van der Waals surface area contributed by atoms with Gasteiger partial charge in [0.2, 0.25) is 15.9 Å². The first kappa shape index (κ1) is 18.6. The summed E-state index contributed by atoms with van der Waals surface area (Å²) in [7, 11) is -3.70. The first-order chi connectivity index (χ1) is 11.1. The summed E-state index contributed by atoms with van der Waals surface area (Å²) in [5, 5.41) is 2.60. The highest BCUT2D eigenvalue weighted by Crippen LogP contribution is 2.25. The van der Waals surface area contributed by atoms with Crippen molar-refractivity contribution in [2.24, 2.45) is 0 Å². The molecule has 0 bridgehead atoms. The third-order valence-corrected chi connectivity index (χ3v) is 5.64. The lowest BCUT2D eigenvalue weighted by molar-refractivity contribution is -0.114. The fraction of sp³-hybridized carbons (Fsp3) is 0.235. The van der Waals surface area contributed by atoms with Crippen LogP contribution in [0.3, 0.4) is 0 Å². The van der Waals surface area contributed by atoms with Crippen LogP contribution in [0.15, 0.2) is 57.9 Å². The molecule has 0 fully saturated rings. The van der Waals surface area contributed by atoms with E-state index in [1.54, 1.807) is 26.0 Å². The van der Waals surface area contributed by atoms with Gasteiger partial charge in [-0.2, -0.15) is 0 Å². The Balaban J connectivity index is 2.23. The molecular formula is C17H19BrN2O3S. The minimum atomic E-state index is -3.70. The van der Waals surface area contributed by atoms with E-state index in [1.807, 2.05) is 24.3 Å². The Bertz CT molecular complexity index is 829. The van der Waals surface area contributed by atoms with Gasteiger partial charge in [-0.15, -0.1) is 0 Å². The van der Waals surface area contributed by atoms with E-state index < -0.39 is 15.6 Å². The number of halogens is 1. The van der Waals surface area contributed by atoms with Gasteiger partial charge < -0.3 is 5.32 Å². The smallest absolute Gasteiger partial charge is 0.241 e. The van der Waals surface area contributed by atoms with Crippen LogP contribution < -0.4 is 10.0 Å². The fourth-order valence-corrected chi connectivity index (χ4v) is 3.91. The van der Waals surface area contributed by atoms with Gasteiger partial charge in [0.1, 0.15) is 0 Å². The van der Waals surface area contributed by atoms with E-state index in [-0.39, 0.29) is 10.8 Å². The molecular weight excluding hydrogens is 392 g/mol. The summed E-state index contributed by atoms with van der Waals surface area (Å²) in [6, 6.07) is 13.5. The number of hydrogen-bond donors (Lipinski definition) is 2. The number of carbonyl (C=O) groups excluding carboxylic acids is 1. The van der Waals surface area contributed by atoms with Crippen LogP contribution >= 0.6 is 15.9 Å². The normalized spacial score (nSPS) is 12.0. The zero-order chi connectivity index (χ0) is 18.0. The lowest BCUT2D eigenvalue weighted by Gasteiger charge is -2.26. The number of amides is 1. The van der Waals surface area contributed by atoms with Crippen molar-refractivity contribution in [2.75, 3.05) is 5.32 Å². The van der Waals surface area contributed by atoms with Gasteiger partial charge in [-0.1, -0.05) is 28.1 Å². The van der Waals surface area contributed by atoms with Crippen molar-refractivity contribution < 1.29 is 13.2 Å². The van der Waals surface area contributed by atoms with Gasteiger partial charge in [0, 0.05) is 17.1 Å². The maximum absolute atomic E-state index is 12.6. The summed E-state index contributed by atoms with van der Waals surface area (Å²) in [4.78, 5) is 11.2. The molecule has 0 aromatic heterocycles. The van der Waals surface area contributed by atoms with Crippen molar-refractivity contribution in [3.8, 4) is 0 Å². The van der Waals surface area contributed by atoms with Crippen LogP contribution in [0.4, 0.5) is 5.69 Å². The number of nitrogens with one attached hydrogen (secondary N) is 2. The topological polar surface area (TPSA) is 75.3 Å². The van der Waals surface area contributed by atoms with Crippen molar-refractivity contribution in [3.05, 3.63) is 58.6 Å². The Morgan fingerprint density at radius 2 is 1.54 bits per heavy atom. The summed E-state index contributed by atoms with van der Waals surface area (Å²) in [6.07, 6.45) is 0. The predicted octanol–water partition coefficient (Wildman–Crippen LogP) is 3.62. The van der Waals surface area contributed by atoms with Crippen molar-refractivity contribution in [2.45, 2.75) is 31.2 Å². The molecule has 0 heterocycles. The van der Waals surface area contributed by atoms with E-state index in [1.165, 1.54) is 19.1 Å². The maximum Gasteiger partial charge on any atom is 0.241 e. The Labute approximate surface area is 150 Å². The Morgan fingerprint density at radius 1 is 1.00 bits per heavy atom. The molecule has 0 atom stereocenters. The SMILES string of the molecule is CC(=O)Nc1ccc(S(=O)(=O)NC(C)(C)c2ccc(Br)cc2)cc1. The summed E-state index contributed by atoms with van der Waals surface area (Å²) in [5.41, 5.74) is 0.633. The summed E-state index contributed by atoms with van der Waals surface area (Å²) < 4.78 is 28.9. The highest BCUT2D eigenvalue weighted by molar-refractivity contribution is 9.10. The average molecular weight is 411 g/mol. The van der Waals surface area contributed by atoms with Gasteiger partial charge >= 0.3 is 0 Å². The maximum atomic E-state index is 12.6. The predicted molar refractivity (Wildman–Crippen MR) is 98.2 cm³/mol. The molecule has 2 rings (SSSR count). The molecule has 128 valence electrons. The van der Waals surface area contributed by atoms with Gasteiger partial charge in [-0.05, 0) is 55.8 Å². The molecule has 0 saturated heterocycles. The first-order valence-electron chi connectivity index (χ1n) is 7.28. The highest BCUT2D eigenvalue weighted by atomic mass is 79.9. The van der Waals surface area contributed by atoms with Crippen LogP contribution in [0.1, 0.15) is 26.3 Å². The van der Waals surface area contributed by atoms with E-state index in [4.69, 9.17) is 0 Å². The minimum Gasteiger partial charge on any atom is -0.326 e. The van der Waals surface area contributed by atoms with E-state index in [0.29, 0.717) is 5.69 Å². The molecule has 0 saturated carbocycles. The number of sulfonamides is 1. The summed E-state index contributed by atoms with van der Waals surface area (Å²) in [6.45, 7) is 5.01. The quantitative estimate of drug-likeness (QED) is 0.789. The van der Waals surface area contributed by atoms with Crippen molar-refractivity contribution in [1.29, 1.82) is 0 Å². The van der Waals surface area contributed by atoms with E-state index >= 15 is 0 Å². The van der Waals surface area contributed by atoms with E-state index in [2.05, 4.69) is 26.0 Å². The van der Waals surface area contributed by atoms with E-state index in [0.717, 1.165) is 10.0 Å². The van der Waals surface area contributed by atoms with E-state index in [9.17, 15) is 13.2 Å². The van der Waals surface area contributed by atoms with Crippen LogP contribution in [0.5, 0.6) is 0 Å². The number of carbonyl (C=O) groups is 1. The molecule has 0 unspecified atom stereocenters. The first-order valence-corrected chi connectivity index (χ1v) is 9.55. The number of hydrogen-bond acceptors (Lipinski definition) is 3. The molecule has 0 spiro atoms. The molecule has 0 radical (unpaired) electrons. The largest absolute Gasteiger partial charge is 0.326 e. The summed E-state index contributed by atoms with van der Waals surface area (Å²) in [5.74, 6) is -0.208. The van der Waals surface area contributed by atoms with Gasteiger partial charge in [0.15, 0.2) is 0 Å². The Morgan fingerprint density at radius 3 is 2.04 bits per heavy atom. The number of benzene rings is 2. The standard InChI is InChI=1S/C17H19BrN2O3S/c1-12(21)19-15-8-10-16(11-9-15)24(22,23)20-17(2,3)13-4-6-14(18)7-5-13/h4-11,20H,1-3H3,(H,19,21). The lowest BCUT2D eigenvalue weighted by atomic mass is 9.96.